The van der Waals surface area contributed by atoms with Gasteiger partial charge in [0.25, 0.3) is 5.91 Å². The van der Waals surface area contributed by atoms with Gasteiger partial charge in [-0.3, -0.25) is 4.79 Å². The van der Waals surface area contributed by atoms with Crippen molar-refractivity contribution in [2.75, 3.05) is 0 Å². The van der Waals surface area contributed by atoms with Crippen molar-refractivity contribution < 1.29 is 9.53 Å². The first kappa shape index (κ1) is 24.5. The maximum atomic E-state index is 12.8. The van der Waals surface area contributed by atoms with E-state index in [1.165, 1.54) is 0 Å². The van der Waals surface area contributed by atoms with Crippen LogP contribution in [0.5, 0.6) is 5.75 Å². The van der Waals surface area contributed by atoms with Gasteiger partial charge in [-0.25, -0.2) is 4.68 Å². The lowest BCUT2D eigenvalue weighted by molar-refractivity contribution is -0.117. The van der Waals surface area contributed by atoms with Gasteiger partial charge in [-0.1, -0.05) is 48.5 Å². The number of ether oxygens (including phenoxy) is 1. The lowest BCUT2D eigenvalue weighted by atomic mass is 10.0. The quantitative estimate of drug-likeness (QED) is 0.255. The number of nitrogens with zero attached hydrogens (tertiary/aromatic N) is 3. The smallest absolute Gasteiger partial charge is 0.262 e. The number of carbonyl (C=O) groups is 1. The van der Waals surface area contributed by atoms with Gasteiger partial charge in [0.15, 0.2) is 0 Å². The maximum absolute atomic E-state index is 12.8. The van der Waals surface area contributed by atoms with Gasteiger partial charge in [0.1, 0.15) is 23.1 Å². The van der Waals surface area contributed by atoms with Crippen molar-refractivity contribution in [3.05, 3.63) is 107 Å². The highest BCUT2D eigenvalue weighted by Crippen LogP contribution is 2.30. The molecule has 6 nitrogen and oxygen atoms in total. The molecule has 180 valence electrons. The van der Waals surface area contributed by atoms with Crippen LogP contribution in [0, 0.1) is 18.3 Å². The molecule has 0 saturated heterocycles. The Morgan fingerprint density at radius 2 is 1.78 bits per heavy atom. The number of aryl methyl sites for hydroxylation is 1. The lowest BCUT2D eigenvalue weighted by Gasteiger charge is -2.13. The maximum Gasteiger partial charge on any atom is 0.262 e. The predicted molar refractivity (Wildman–Crippen MR) is 141 cm³/mol. The third kappa shape index (κ3) is 5.89. The van der Waals surface area contributed by atoms with E-state index in [1.807, 2.05) is 112 Å². The summed E-state index contributed by atoms with van der Waals surface area (Å²) in [4.78, 5) is 12.8. The topological polar surface area (TPSA) is 79.9 Å². The van der Waals surface area contributed by atoms with Gasteiger partial charge >= 0.3 is 0 Å². The molecule has 0 aliphatic heterocycles. The van der Waals surface area contributed by atoms with Crippen molar-refractivity contribution in [3.8, 4) is 28.8 Å². The molecule has 0 unspecified atom stereocenters. The first-order valence-electron chi connectivity index (χ1n) is 11.8. The number of para-hydroxylation sites is 1. The lowest BCUT2D eigenvalue weighted by Crippen LogP contribution is -2.23. The number of aromatic nitrogens is 2. The van der Waals surface area contributed by atoms with Crippen LogP contribution in [0.2, 0.25) is 0 Å². The Kier molecular flexibility index (Phi) is 7.62. The number of nitriles is 1. The standard InChI is InChI=1S/C30H28N4O2/c1-21(2)36-28-15-14-24(16-22(28)3)29-26(20-34(33-29)27-12-8-5-9-13-27)17-25(18-31)30(35)32-19-23-10-6-4-7-11-23/h4-17,20-21H,19H2,1-3H3,(H,32,35). The zero-order valence-electron chi connectivity index (χ0n) is 20.6. The first-order chi connectivity index (χ1) is 17.4. The Morgan fingerprint density at radius 3 is 2.42 bits per heavy atom. The van der Waals surface area contributed by atoms with Crippen LogP contribution in [-0.2, 0) is 11.3 Å². The molecule has 4 rings (SSSR count). The Labute approximate surface area is 211 Å². The van der Waals surface area contributed by atoms with E-state index in [4.69, 9.17) is 9.84 Å². The molecule has 0 atom stereocenters. The van der Waals surface area contributed by atoms with Crippen LogP contribution in [0.15, 0.2) is 90.6 Å². The van der Waals surface area contributed by atoms with Crippen molar-refractivity contribution in [2.24, 2.45) is 0 Å². The molecular formula is C30H28N4O2. The molecule has 1 aromatic heterocycles. The van der Waals surface area contributed by atoms with E-state index in [2.05, 4.69) is 5.32 Å². The molecule has 1 N–H and O–H groups in total. The molecule has 0 radical (unpaired) electrons. The molecule has 36 heavy (non-hydrogen) atoms. The van der Waals surface area contributed by atoms with E-state index >= 15 is 0 Å². The van der Waals surface area contributed by atoms with Crippen molar-refractivity contribution in [1.29, 1.82) is 5.26 Å². The van der Waals surface area contributed by atoms with Crippen molar-refractivity contribution in [1.82, 2.24) is 15.1 Å². The Morgan fingerprint density at radius 1 is 1.08 bits per heavy atom. The molecule has 1 heterocycles. The summed E-state index contributed by atoms with van der Waals surface area (Å²) < 4.78 is 7.64. The van der Waals surface area contributed by atoms with Crippen LogP contribution in [0.4, 0.5) is 0 Å². The van der Waals surface area contributed by atoms with Crippen LogP contribution in [0.1, 0.15) is 30.5 Å². The number of hydrogen-bond donors (Lipinski definition) is 1. The molecule has 3 aromatic carbocycles. The van der Waals surface area contributed by atoms with E-state index in [-0.39, 0.29) is 11.7 Å². The molecule has 0 aliphatic carbocycles. The number of carbonyl (C=O) groups excluding carboxylic acids is 1. The summed E-state index contributed by atoms with van der Waals surface area (Å²) in [6, 6.07) is 27.2. The largest absolute Gasteiger partial charge is 0.491 e. The molecule has 0 fully saturated rings. The average Bonchev–Trinajstić information content (AvgIpc) is 3.32. The van der Waals surface area contributed by atoms with E-state index in [9.17, 15) is 10.1 Å². The number of amides is 1. The Bertz CT molecular complexity index is 1410. The summed E-state index contributed by atoms with van der Waals surface area (Å²) in [6.07, 6.45) is 3.49. The van der Waals surface area contributed by atoms with Gasteiger partial charge in [0, 0.05) is 23.9 Å². The fourth-order valence-electron chi connectivity index (χ4n) is 3.79. The minimum atomic E-state index is -0.434. The summed E-state index contributed by atoms with van der Waals surface area (Å²) in [5, 5.41) is 17.4. The van der Waals surface area contributed by atoms with E-state index < -0.39 is 5.91 Å². The molecule has 0 bridgehead atoms. The molecule has 0 aliphatic rings. The molecular weight excluding hydrogens is 448 g/mol. The number of rotatable bonds is 8. The second-order valence-corrected chi connectivity index (χ2v) is 8.70. The predicted octanol–water partition coefficient (Wildman–Crippen LogP) is 5.86. The summed E-state index contributed by atoms with van der Waals surface area (Å²) >= 11 is 0. The van der Waals surface area contributed by atoms with Gasteiger partial charge < -0.3 is 10.1 Å². The van der Waals surface area contributed by atoms with Gasteiger partial charge in [-0.05, 0) is 68.3 Å². The number of nitrogens with one attached hydrogen (secondary N) is 1. The average molecular weight is 477 g/mol. The van der Waals surface area contributed by atoms with Crippen molar-refractivity contribution in [2.45, 2.75) is 33.4 Å². The van der Waals surface area contributed by atoms with Gasteiger partial charge in [-0.15, -0.1) is 0 Å². The minimum Gasteiger partial charge on any atom is -0.491 e. The van der Waals surface area contributed by atoms with E-state index in [0.29, 0.717) is 17.8 Å². The van der Waals surface area contributed by atoms with Gasteiger partial charge in [-0.2, -0.15) is 10.4 Å². The van der Waals surface area contributed by atoms with Crippen LogP contribution in [0.3, 0.4) is 0 Å². The fraction of sp³-hybridized carbons (Fsp3) is 0.167. The van der Waals surface area contributed by atoms with Crippen molar-refractivity contribution >= 4 is 12.0 Å². The van der Waals surface area contributed by atoms with Crippen LogP contribution in [-0.4, -0.2) is 21.8 Å². The van der Waals surface area contributed by atoms with Gasteiger partial charge in [0.2, 0.25) is 0 Å². The second-order valence-electron chi connectivity index (χ2n) is 8.70. The Balaban J connectivity index is 1.71. The molecule has 0 saturated carbocycles. The highest BCUT2D eigenvalue weighted by Gasteiger charge is 2.16. The van der Waals surface area contributed by atoms with Gasteiger partial charge in [0.05, 0.1) is 11.8 Å². The molecule has 0 spiro atoms. The summed E-state index contributed by atoms with van der Waals surface area (Å²) in [5.41, 5.74) is 5.03. The van der Waals surface area contributed by atoms with Crippen LogP contribution in [0.25, 0.3) is 23.0 Å². The zero-order valence-corrected chi connectivity index (χ0v) is 20.6. The van der Waals surface area contributed by atoms with E-state index in [1.54, 1.807) is 10.8 Å². The fourth-order valence-corrected chi connectivity index (χ4v) is 3.79. The van der Waals surface area contributed by atoms with Crippen molar-refractivity contribution in [3.63, 3.8) is 0 Å². The molecule has 6 heteroatoms. The normalized spacial score (nSPS) is 11.2. The minimum absolute atomic E-state index is 0.0104. The van der Waals surface area contributed by atoms with Crippen LogP contribution >= 0.6 is 0 Å². The molecule has 1 amide bonds. The third-order valence-electron chi connectivity index (χ3n) is 5.54. The Hall–Kier alpha value is -4.63. The number of benzene rings is 3. The summed E-state index contributed by atoms with van der Waals surface area (Å²) in [7, 11) is 0. The SMILES string of the molecule is Cc1cc(-c2nn(-c3ccccc3)cc2C=C(C#N)C(=O)NCc2ccccc2)ccc1OC(C)C. The molecule has 4 aromatic rings. The zero-order chi connectivity index (χ0) is 25.5. The summed E-state index contributed by atoms with van der Waals surface area (Å²) in [5.74, 6) is 0.378. The summed E-state index contributed by atoms with van der Waals surface area (Å²) in [6.45, 7) is 6.31. The first-order valence-corrected chi connectivity index (χ1v) is 11.8. The highest BCUT2D eigenvalue weighted by molar-refractivity contribution is 6.02. The van der Waals surface area contributed by atoms with E-state index in [0.717, 1.165) is 28.1 Å². The van der Waals surface area contributed by atoms with Crippen LogP contribution < -0.4 is 10.1 Å². The number of hydrogen-bond acceptors (Lipinski definition) is 4. The second kappa shape index (κ2) is 11.2. The monoisotopic (exact) mass is 476 g/mol. The highest BCUT2D eigenvalue weighted by atomic mass is 16.5. The third-order valence-corrected chi connectivity index (χ3v) is 5.54.